The van der Waals surface area contributed by atoms with Crippen molar-refractivity contribution in [3.8, 4) is 11.5 Å². The number of carbonyl (C=O) groups excluding carboxylic acids is 1. The lowest BCUT2D eigenvalue weighted by Gasteiger charge is -2.28. The van der Waals surface area contributed by atoms with Crippen molar-refractivity contribution in [3.05, 3.63) is 95.1 Å². The van der Waals surface area contributed by atoms with Gasteiger partial charge in [0.05, 0.1) is 12.0 Å². The zero-order chi connectivity index (χ0) is 24.7. The van der Waals surface area contributed by atoms with Crippen LogP contribution in [0.5, 0.6) is 11.5 Å². The molecule has 0 aliphatic rings. The first kappa shape index (κ1) is 25.3. The molecule has 0 bridgehead atoms. The lowest BCUT2D eigenvalue weighted by atomic mass is 9.91. The average molecular weight is 463 g/mol. The summed E-state index contributed by atoms with van der Waals surface area (Å²) in [5, 5.41) is 36.1. The SMILES string of the molecule is CC(C(=O)NCc1ccccc1)c1cccc(CC(C)(C)NCC(O)c2cc(O)cc(O)c2)c1. The molecular formula is C28H34N2O4. The van der Waals surface area contributed by atoms with Crippen LogP contribution < -0.4 is 10.6 Å². The van der Waals surface area contributed by atoms with Gasteiger partial charge in [0.1, 0.15) is 11.5 Å². The van der Waals surface area contributed by atoms with Gasteiger partial charge in [-0.3, -0.25) is 4.79 Å². The Bertz CT molecular complexity index is 1080. The number of benzene rings is 3. The van der Waals surface area contributed by atoms with Crippen LogP contribution >= 0.6 is 0 Å². The van der Waals surface area contributed by atoms with Gasteiger partial charge < -0.3 is 26.0 Å². The second kappa shape index (κ2) is 11.2. The summed E-state index contributed by atoms with van der Waals surface area (Å²) in [7, 11) is 0. The van der Waals surface area contributed by atoms with Gasteiger partial charge in [-0.15, -0.1) is 0 Å². The molecule has 0 saturated heterocycles. The van der Waals surface area contributed by atoms with Crippen molar-refractivity contribution in [3.63, 3.8) is 0 Å². The number of carbonyl (C=O) groups is 1. The summed E-state index contributed by atoms with van der Waals surface area (Å²) in [6.45, 7) is 6.75. The highest BCUT2D eigenvalue weighted by Crippen LogP contribution is 2.25. The normalized spacial score (nSPS) is 13.3. The van der Waals surface area contributed by atoms with Crippen LogP contribution in [0.25, 0.3) is 0 Å². The van der Waals surface area contributed by atoms with Crippen molar-refractivity contribution in [2.24, 2.45) is 0 Å². The minimum Gasteiger partial charge on any atom is -0.508 e. The zero-order valence-corrected chi connectivity index (χ0v) is 20.0. The Morgan fingerprint density at radius 3 is 2.21 bits per heavy atom. The van der Waals surface area contributed by atoms with Crippen molar-refractivity contribution < 1.29 is 20.1 Å². The summed E-state index contributed by atoms with van der Waals surface area (Å²) in [4.78, 5) is 12.7. The Labute approximate surface area is 201 Å². The zero-order valence-electron chi connectivity index (χ0n) is 20.0. The van der Waals surface area contributed by atoms with E-state index in [9.17, 15) is 20.1 Å². The van der Waals surface area contributed by atoms with Crippen LogP contribution in [0.3, 0.4) is 0 Å². The molecule has 3 aromatic carbocycles. The third-order valence-corrected chi connectivity index (χ3v) is 5.88. The summed E-state index contributed by atoms with van der Waals surface area (Å²) in [6, 6.07) is 22.0. The smallest absolute Gasteiger partial charge is 0.227 e. The molecule has 0 spiro atoms. The summed E-state index contributed by atoms with van der Waals surface area (Å²) in [5.41, 5.74) is 3.21. The number of nitrogens with one attached hydrogen (secondary N) is 2. The molecule has 2 unspecified atom stereocenters. The fourth-order valence-corrected chi connectivity index (χ4v) is 3.94. The molecule has 1 amide bonds. The predicted molar refractivity (Wildman–Crippen MR) is 134 cm³/mol. The van der Waals surface area contributed by atoms with Gasteiger partial charge in [0.2, 0.25) is 5.91 Å². The summed E-state index contributed by atoms with van der Waals surface area (Å²) >= 11 is 0. The van der Waals surface area contributed by atoms with E-state index in [0.29, 0.717) is 18.5 Å². The third-order valence-electron chi connectivity index (χ3n) is 5.88. The number of hydrogen-bond acceptors (Lipinski definition) is 5. The van der Waals surface area contributed by atoms with E-state index < -0.39 is 6.10 Å². The maximum atomic E-state index is 12.7. The first-order chi connectivity index (χ1) is 16.1. The molecular weight excluding hydrogens is 428 g/mol. The Morgan fingerprint density at radius 1 is 0.882 bits per heavy atom. The van der Waals surface area contributed by atoms with Gasteiger partial charge in [-0.2, -0.15) is 0 Å². The van der Waals surface area contributed by atoms with E-state index in [4.69, 9.17) is 0 Å². The summed E-state index contributed by atoms with van der Waals surface area (Å²) in [5.74, 6) is -0.477. The van der Waals surface area contributed by atoms with Gasteiger partial charge in [-0.1, -0.05) is 54.6 Å². The summed E-state index contributed by atoms with van der Waals surface area (Å²) < 4.78 is 0. The van der Waals surface area contributed by atoms with E-state index in [1.54, 1.807) is 0 Å². The van der Waals surface area contributed by atoms with Crippen LogP contribution in [-0.4, -0.2) is 33.3 Å². The Hall–Kier alpha value is -3.35. The van der Waals surface area contributed by atoms with Crippen molar-refractivity contribution in [2.45, 2.75) is 51.3 Å². The van der Waals surface area contributed by atoms with E-state index in [1.165, 1.54) is 18.2 Å². The number of aromatic hydroxyl groups is 2. The highest BCUT2D eigenvalue weighted by Gasteiger charge is 2.22. The minimum absolute atomic E-state index is 0.0177. The lowest BCUT2D eigenvalue weighted by molar-refractivity contribution is -0.122. The van der Waals surface area contributed by atoms with Crippen LogP contribution in [0.4, 0.5) is 0 Å². The number of aliphatic hydroxyl groups is 1. The van der Waals surface area contributed by atoms with E-state index in [1.807, 2.05) is 69.3 Å². The van der Waals surface area contributed by atoms with Gasteiger partial charge >= 0.3 is 0 Å². The molecule has 6 heteroatoms. The number of aliphatic hydroxyl groups excluding tert-OH is 1. The number of phenols is 2. The molecule has 0 radical (unpaired) electrons. The molecule has 34 heavy (non-hydrogen) atoms. The molecule has 0 aliphatic heterocycles. The minimum atomic E-state index is -0.878. The number of amides is 1. The van der Waals surface area contributed by atoms with Crippen LogP contribution in [0.15, 0.2) is 72.8 Å². The number of phenolic OH excluding ortho intramolecular Hbond substituents is 2. The summed E-state index contributed by atoms with van der Waals surface area (Å²) in [6.07, 6.45) is -0.186. The van der Waals surface area contributed by atoms with Crippen molar-refractivity contribution in [2.75, 3.05) is 6.54 Å². The van der Waals surface area contributed by atoms with E-state index >= 15 is 0 Å². The predicted octanol–water partition coefficient (Wildman–Crippen LogP) is 4.16. The van der Waals surface area contributed by atoms with Crippen LogP contribution in [-0.2, 0) is 17.8 Å². The fraction of sp³-hybridized carbons (Fsp3) is 0.321. The lowest BCUT2D eigenvalue weighted by Crippen LogP contribution is -2.43. The topological polar surface area (TPSA) is 102 Å². The van der Waals surface area contributed by atoms with Crippen LogP contribution in [0.2, 0.25) is 0 Å². The molecule has 0 aromatic heterocycles. The van der Waals surface area contributed by atoms with Crippen LogP contribution in [0.1, 0.15) is 55.0 Å². The Balaban J connectivity index is 1.57. The fourth-order valence-electron chi connectivity index (χ4n) is 3.94. The van der Waals surface area contributed by atoms with Gasteiger partial charge in [-0.25, -0.2) is 0 Å². The van der Waals surface area contributed by atoms with E-state index in [-0.39, 0.29) is 35.4 Å². The molecule has 3 rings (SSSR count). The number of β-amino-alcohol motifs (C(OH)–C–C–N with tert-alkyl or cyclic N) is 1. The highest BCUT2D eigenvalue weighted by molar-refractivity contribution is 5.83. The number of rotatable bonds is 10. The highest BCUT2D eigenvalue weighted by atomic mass is 16.3. The molecule has 0 fully saturated rings. The molecule has 6 nitrogen and oxygen atoms in total. The van der Waals surface area contributed by atoms with Gasteiger partial charge in [0.15, 0.2) is 0 Å². The molecule has 0 heterocycles. The first-order valence-electron chi connectivity index (χ1n) is 11.5. The number of hydrogen-bond donors (Lipinski definition) is 5. The Morgan fingerprint density at radius 2 is 1.53 bits per heavy atom. The molecule has 2 atom stereocenters. The maximum Gasteiger partial charge on any atom is 0.227 e. The van der Waals surface area contributed by atoms with E-state index in [2.05, 4.69) is 16.7 Å². The van der Waals surface area contributed by atoms with E-state index in [0.717, 1.165) is 16.7 Å². The van der Waals surface area contributed by atoms with Crippen LogP contribution in [0, 0.1) is 0 Å². The van der Waals surface area contributed by atoms with Crippen molar-refractivity contribution >= 4 is 5.91 Å². The molecule has 0 saturated carbocycles. The largest absolute Gasteiger partial charge is 0.508 e. The van der Waals surface area contributed by atoms with Gasteiger partial charge in [0, 0.05) is 24.7 Å². The van der Waals surface area contributed by atoms with Gasteiger partial charge in [-0.05, 0) is 61.6 Å². The standard InChI is InChI=1S/C28H34N2O4/c1-19(27(34)29-17-20-8-5-4-6-9-20)22-11-7-10-21(12-22)16-28(2,3)30-18-26(33)23-13-24(31)15-25(32)14-23/h4-15,19,26,30-33H,16-18H2,1-3H3,(H,29,34). The second-order valence-corrected chi connectivity index (χ2v) is 9.41. The quantitative estimate of drug-likeness (QED) is 0.311. The third kappa shape index (κ3) is 7.33. The average Bonchev–Trinajstić information content (AvgIpc) is 2.80. The second-order valence-electron chi connectivity index (χ2n) is 9.41. The van der Waals surface area contributed by atoms with Gasteiger partial charge in [0.25, 0.3) is 0 Å². The molecule has 3 aromatic rings. The van der Waals surface area contributed by atoms with Crippen molar-refractivity contribution in [1.29, 1.82) is 0 Å². The molecule has 5 N–H and O–H groups in total. The maximum absolute atomic E-state index is 12.7. The Kier molecular flexibility index (Phi) is 8.31. The molecule has 180 valence electrons. The monoisotopic (exact) mass is 462 g/mol. The first-order valence-corrected chi connectivity index (χ1v) is 11.5. The molecule has 0 aliphatic carbocycles. The van der Waals surface area contributed by atoms with Crippen molar-refractivity contribution in [1.82, 2.24) is 10.6 Å².